The van der Waals surface area contributed by atoms with Crippen LogP contribution in [0.1, 0.15) is 28.9 Å². The van der Waals surface area contributed by atoms with Crippen LogP contribution in [-0.4, -0.2) is 30.1 Å². The number of hydrogen-bond acceptors (Lipinski definition) is 4. The summed E-state index contributed by atoms with van der Waals surface area (Å²) in [6, 6.07) is 13.7. The number of pyridine rings is 1. The van der Waals surface area contributed by atoms with Crippen molar-refractivity contribution in [2.75, 3.05) is 18.5 Å². The van der Waals surface area contributed by atoms with Crippen molar-refractivity contribution in [2.24, 2.45) is 0 Å². The van der Waals surface area contributed by atoms with E-state index in [1.165, 1.54) is 5.56 Å². The summed E-state index contributed by atoms with van der Waals surface area (Å²) in [5, 5.41) is 6.16. The van der Waals surface area contributed by atoms with Gasteiger partial charge in [-0.1, -0.05) is 30.3 Å². The minimum Gasteiger partial charge on any atom is -0.380 e. The molecule has 1 fully saturated rings. The van der Waals surface area contributed by atoms with Crippen LogP contribution < -0.4 is 10.6 Å². The van der Waals surface area contributed by atoms with E-state index in [9.17, 15) is 4.79 Å². The fourth-order valence-corrected chi connectivity index (χ4v) is 2.54. The summed E-state index contributed by atoms with van der Waals surface area (Å²) in [5.41, 5.74) is 2.52. The van der Waals surface area contributed by atoms with Crippen LogP contribution in [0.25, 0.3) is 0 Å². The third-order valence-corrected chi connectivity index (χ3v) is 3.85. The van der Waals surface area contributed by atoms with Crippen molar-refractivity contribution in [3.05, 3.63) is 59.9 Å². The summed E-state index contributed by atoms with van der Waals surface area (Å²) in [4.78, 5) is 16.3. The number of ether oxygens (including phenoxy) is 1. The van der Waals surface area contributed by atoms with Gasteiger partial charge in [-0.05, 0) is 30.5 Å². The Bertz CT molecular complexity index is 622. The Morgan fingerprint density at radius 1 is 1.22 bits per heavy atom. The summed E-state index contributed by atoms with van der Waals surface area (Å²) in [6.07, 6.45) is 3.91. The molecule has 0 saturated carbocycles. The first-order chi connectivity index (χ1) is 11.3. The highest BCUT2D eigenvalue weighted by Gasteiger charge is 2.16. The summed E-state index contributed by atoms with van der Waals surface area (Å²) >= 11 is 0. The van der Waals surface area contributed by atoms with Gasteiger partial charge in [-0.3, -0.25) is 4.79 Å². The molecule has 2 N–H and O–H groups in total. The Labute approximate surface area is 136 Å². The number of rotatable bonds is 6. The number of hydrogen-bond donors (Lipinski definition) is 2. The molecule has 1 aromatic carbocycles. The van der Waals surface area contributed by atoms with Crippen LogP contribution in [0, 0.1) is 0 Å². The van der Waals surface area contributed by atoms with Gasteiger partial charge in [-0.25, -0.2) is 4.98 Å². The lowest BCUT2D eigenvalue weighted by Gasteiger charge is -2.11. The van der Waals surface area contributed by atoms with Crippen molar-refractivity contribution in [1.82, 2.24) is 10.3 Å². The lowest BCUT2D eigenvalue weighted by molar-refractivity contribution is 0.0854. The second-order valence-corrected chi connectivity index (χ2v) is 5.62. The summed E-state index contributed by atoms with van der Waals surface area (Å²) in [6.45, 7) is 2.07. The van der Waals surface area contributed by atoms with Crippen molar-refractivity contribution in [3.63, 3.8) is 0 Å². The number of aromatic nitrogens is 1. The number of benzene rings is 1. The first kappa shape index (κ1) is 15.5. The number of carbonyl (C=O) groups is 1. The average molecular weight is 311 g/mol. The van der Waals surface area contributed by atoms with Gasteiger partial charge in [0.15, 0.2) is 0 Å². The number of amides is 1. The number of nitrogens with zero attached hydrogens (tertiary/aromatic N) is 1. The molecule has 23 heavy (non-hydrogen) atoms. The molecule has 1 aliphatic heterocycles. The number of anilines is 1. The third kappa shape index (κ3) is 4.53. The van der Waals surface area contributed by atoms with E-state index in [2.05, 4.69) is 27.8 Å². The van der Waals surface area contributed by atoms with Crippen LogP contribution in [0.2, 0.25) is 0 Å². The molecule has 0 spiro atoms. The van der Waals surface area contributed by atoms with Crippen LogP contribution >= 0.6 is 0 Å². The zero-order chi connectivity index (χ0) is 15.9. The van der Waals surface area contributed by atoms with Crippen LogP contribution in [0.5, 0.6) is 0 Å². The molecule has 1 aromatic heterocycles. The standard InChI is InChI=1S/C18H21N3O2/c22-18(21-13-16-7-4-10-23-16)17-9-8-15(12-20-17)19-11-14-5-2-1-3-6-14/h1-3,5-6,8-9,12,16,19H,4,7,10-11,13H2,(H,21,22). The molecule has 1 atom stereocenters. The maximum absolute atomic E-state index is 12.0. The third-order valence-electron chi connectivity index (χ3n) is 3.85. The molecule has 2 aromatic rings. The van der Waals surface area contributed by atoms with Crippen molar-refractivity contribution in [1.29, 1.82) is 0 Å². The summed E-state index contributed by atoms with van der Waals surface area (Å²) in [7, 11) is 0. The molecule has 0 aliphatic carbocycles. The van der Waals surface area contributed by atoms with E-state index in [0.29, 0.717) is 12.2 Å². The average Bonchev–Trinajstić information content (AvgIpc) is 3.13. The monoisotopic (exact) mass is 311 g/mol. The van der Waals surface area contributed by atoms with E-state index in [-0.39, 0.29) is 12.0 Å². The minimum absolute atomic E-state index is 0.144. The Morgan fingerprint density at radius 2 is 2.09 bits per heavy atom. The molecular weight excluding hydrogens is 290 g/mol. The van der Waals surface area contributed by atoms with E-state index >= 15 is 0 Å². The zero-order valence-corrected chi connectivity index (χ0v) is 13.0. The van der Waals surface area contributed by atoms with Gasteiger partial charge in [0.05, 0.1) is 18.0 Å². The fraction of sp³-hybridized carbons (Fsp3) is 0.333. The van der Waals surface area contributed by atoms with E-state index in [1.807, 2.05) is 24.3 Å². The maximum atomic E-state index is 12.0. The molecule has 5 heteroatoms. The van der Waals surface area contributed by atoms with Crippen molar-refractivity contribution >= 4 is 11.6 Å². The van der Waals surface area contributed by atoms with E-state index < -0.39 is 0 Å². The van der Waals surface area contributed by atoms with E-state index in [1.54, 1.807) is 12.3 Å². The highest BCUT2D eigenvalue weighted by Crippen LogP contribution is 2.11. The quantitative estimate of drug-likeness (QED) is 0.861. The molecule has 1 amide bonds. The normalized spacial score (nSPS) is 17.0. The van der Waals surface area contributed by atoms with Gasteiger partial charge in [0, 0.05) is 19.7 Å². The van der Waals surface area contributed by atoms with Crippen molar-refractivity contribution in [3.8, 4) is 0 Å². The van der Waals surface area contributed by atoms with Gasteiger partial charge in [0.1, 0.15) is 5.69 Å². The summed E-state index contributed by atoms with van der Waals surface area (Å²) in [5.74, 6) is -0.157. The predicted octanol–water partition coefficient (Wildman–Crippen LogP) is 2.60. The smallest absolute Gasteiger partial charge is 0.269 e. The Kier molecular flexibility index (Phi) is 5.21. The van der Waals surface area contributed by atoms with Crippen LogP contribution in [0.15, 0.2) is 48.7 Å². The van der Waals surface area contributed by atoms with Gasteiger partial charge < -0.3 is 15.4 Å². The topological polar surface area (TPSA) is 63.2 Å². The van der Waals surface area contributed by atoms with Gasteiger partial charge in [-0.15, -0.1) is 0 Å². The van der Waals surface area contributed by atoms with E-state index in [4.69, 9.17) is 4.74 Å². The van der Waals surface area contributed by atoms with Crippen LogP contribution in [0.3, 0.4) is 0 Å². The van der Waals surface area contributed by atoms with Gasteiger partial charge in [0.2, 0.25) is 0 Å². The molecule has 1 unspecified atom stereocenters. The molecule has 5 nitrogen and oxygen atoms in total. The van der Waals surface area contributed by atoms with Gasteiger partial charge in [0.25, 0.3) is 5.91 Å². The number of nitrogens with one attached hydrogen (secondary N) is 2. The highest BCUT2D eigenvalue weighted by molar-refractivity contribution is 5.92. The Hall–Kier alpha value is -2.40. The SMILES string of the molecule is O=C(NCC1CCCO1)c1ccc(NCc2ccccc2)cn1. The minimum atomic E-state index is -0.157. The largest absolute Gasteiger partial charge is 0.380 e. The second kappa shape index (κ2) is 7.74. The molecule has 0 bridgehead atoms. The molecule has 1 aliphatic rings. The molecule has 2 heterocycles. The van der Waals surface area contributed by atoms with E-state index in [0.717, 1.165) is 31.7 Å². The molecule has 3 rings (SSSR count). The predicted molar refractivity (Wildman–Crippen MR) is 89.3 cm³/mol. The molecular formula is C18H21N3O2. The van der Waals surface area contributed by atoms with Crippen LogP contribution in [0.4, 0.5) is 5.69 Å². The highest BCUT2D eigenvalue weighted by atomic mass is 16.5. The zero-order valence-electron chi connectivity index (χ0n) is 13.0. The van der Waals surface area contributed by atoms with Crippen molar-refractivity contribution < 1.29 is 9.53 Å². The molecule has 120 valence electrons. The summed E-state index contributed by atoms with van der Waals surface area (Å²) < 4.78 is 5.49. The van der Waals surface area contributed by atoms with Crippen molar-refractivity contribution in [2.45, 2.75) is 25.5 Å². The first-order valence-corrected chi connectivity index (χ1v) is 7.95. The lowest BCUT2D eigenvalue weighted by Crippen LogP contribution is -2.32. The van der Waals surface area contributed by atoms with Gasteiger partial charge >= 0.3 is 0 Å². The van der Waals surface area contributed by atoms with Crippen LogP contribution in [-0.2, 0) is 11.3 Å². The van der Waals surface area contributed by atoms with Gasteiger partial charge in [-0.2, -0.15) is 0 Å². The first-order valence-electron chi connectivity index (χ1n) is 7.95. The molecule has 1 saturated heterocycles. The maximum Gasteiger partial charge on any atom is 0.269 e. The lowest BCUT2D eigenvalue weighted by atomic mass is 10.2. The Balaban J connectivity index is 1.49. The molecule has 0 radical (unpaired) electrons. The Morgan fingerprint density at radius 3 is 2.78 bits per heavy atom. The fourth-order valence-electron chi connectivity index (χ4n) is 2.54. The second-order valence-electron chi connectivity index (χ2n) is 5.62. The number of carbonyl (C=O) groups excluding carboxylic acids is 1.